The molecule has 0 amide bonds. The van der Waals surface area contributed by atoms with Gasteiger partial charge in [0, 0.05) is 13.0 Å². The van der Waals surface area contributed by atoms with Gasteiger partial charge in [0.15, 0.2) is 0 Å². The van der Waals surface area contributed by atoms with Crippen molar-refractivity contribution >= 4 is 5.97 Å². The highest BCUT2D eigenvalue weighted by molar-refractivity contribution is 5.69. The van der Waals surface area contributed by atoms with E-state index in [0.717, 1.165) is 43.9 Å². The first-order chi connectivity index (χ1) is 23.7. The average molecular weight is 701 g/mol. The predicted octanol–water partition coefficient (Wildman–Crippen LogP) is 8.82. The van der Waals surface area contributed by atoms with Crippen LogP contribution >= 0.6 is 0 Å². The van der Waals surface area contributed by atoms with Crippen LogP contribution in [0.15, 0.2) is 0 Å². The van der Waals surface area contributed by atoms with Crippen molar-refractivity contribution in [2.24, 2.45) is 11.8 Å². The van der Waals surface area contributed by atoms with Crippen molar-refractivity contribution in [1.82, 2.24) is 0 Å². The average Bonchev–Trinajstić information content (AvgIpc) is 3.26. The summed E-state index contributed by atoms with van der Waals surface area (Å²) in [5, 5.41) is 40.2. The van der Waals surface area contributed by atoms with Gasteiger partial charge >= 0.3 is 5.97 Å². The van der Waals surface area contributed by atoms with Gasteiger partial charge < -0.3 is 34.6 Å². The summed E-state index contributed by atoms with van der Waals surface area (Å²) in [6.07, 6.45) is 22.5. The number of carbonyl (C=O) groups is 1. The van der Waals surface area contributed by atoms with Gasteiger partial charge in [0.25, 0.3) is 0 Å². The van der Waals surface area contributed by atoms with Gasteiger partial charge in [0.2, 0.25) is 0 Å². The summed E-state index contributed by atoms with van der Waals surface area (Å²) in [6.45, 7) is 9.91. The van der Waals surface area contributed by atoms with Gasteiger partial charge in [0.1, 0.15) is 36.6 Å². The van der Waals surface area contributed by atoms with E-state index in [0.29, 0.717) is 13.0 Å². The van der Waals surface area contributed by atoms with Gasteiger partial charge in [0.05, 0.1) is 13.2 Å². The molecule has 0 radical (unpaired) electrons. The quantitative estimate of drug-likeness (QED) is 0.0388. The maximum atomic E-state index is 12.7. The van der Waals surface area contributed by atoms with Crippen molar-refractivity contribution in [2.45, 2.75) is 225 Å². The summed E-state index contributed by atoms with van der Waals surface area (Å²) in [5.41, 5.74) is 0. The van der Waals surface area contributed by atoms with Crippen LogP contribution in [0.5, 0.6) is 0 Å². The minimum Gasteiger partial charge on any atom is -0.457 e. The van der Waals surface area contributed by atoms with Crippen LogP contribution in [-0.2, 0) is 19.0 Å². The highest BCUT2D eigenvalue weighted by Crippen LogP contribution is 2.25. The van der Waals surface area contributed by atoms with E-state index in [9.17, 15) is 25.2 Å². The predicted molar refractivity (Wildman–Crippen MR) is 200 cm³/mol. The highest BCUT2D eigenvalue weighted by atomic mass is 16.6. The Morgan fingerprint density at radius 2 is 0.939 bits per heavy atom. The molecule has 0 aromatic rings. The maximum Gasteiger partial charge on any atom is 0.306 e. The molecule has 0 bridgehead atoms. The molecule has 0 saturated heterocycles. The lowest BCUT2D eigenvalue weighted by molar-refractivity contribution is -0.163. The second-order valence-corrected chi connectivity index (χ2v) is 15.4. The van der Waals surface area contributed by atoms with Gasteiger partial charge in [-0.15, -0.1) is 0 Å². The number of hydrogen-bond acceptors (Lipinski definition) is 8. The molecule has 1 rings (SSSR count). The molecule has 8 heteroatoms. The molecule has 1 saturated carbocycles. The third kappa shape index (κ3) is 23.4. The lowest BCUT2D eigenvalue weighted by Crippen LogP contribution is -2.39. The lowest BCUT2D eigenvalue weighted by atomic mass is 9.96. The molecular weight excluding hydrogens is 620 g/mol. The second-order valence-electron chi connectivity index (χ2n) is 15.4. The number of aliphatic hydroxyl groups is 4. The van der Waals surface area contributed by atoms with Crippen LogP contribution in [0, 0.1) is 11.8 Å². The Morgan fingerprint density at radius 1 is 0.531 bits per heavy atom. The van der Waals surface area contributed by atoms with Crippen molar-refractivity contribution in [1.29, 1.82) is 0 Å². The zero-order chi connectivity index (χ0) is 36.1. The monoisotopic (exact) mass is 701 g/mol. The molecule has 292 valence electrons. The molecule has 49 heavy (non-hydrogen) atoms. The summed E-state index contributed by atoms with van der Waals surface area (Å²) in [6, 6.07) is 0. The minimum absolute atomic E-state index is 0.0993. The Labute approximate surface area is 301 Å². The number of unbranched alkanes of at least 4 members (excludes halogenated alkanes) is 16. The Kier molecular flexibility index (Phi) is 29.1. The summed E-state index contributed by atoms with van der Waals surface area (Å²) >= 11 is 0. The third-order valence-electron chi connectivity index (χ3n) is 10.5. The van der Waals surface area contributed by atoms with E-state index in [-0.39, 0.29) is 19.2 Å². The summed E-state index contributed by atoms with van der Waals surface area (Å²) in [5.74, 6) is 1.34. The highest BCUT2D eigenvalue weighted by Gasteiger charge is 2.49. The van der Waals surface area contributed by atoms with Crippen molar-refractivity contribution in [2.75, 3.05) is 19.8 Å². The fraction of sp³-hybridized carbons (Fsp3) is 0.976. The Balaban J connectivity index is 2.26. The first kappa shape index (κ1) is 46.3. The van der Waals surface area contributed by atoms with E-state index in [2.05, 4.69) is 27.7 Å². The van der Waals surface area contributed by atoms with Crippen LogP contribution in [0.2, 0.25) is 0 Å². The van der Waals surface area contributed by atoms with Crippen LogP contribution in [-0.4, -0.2) is 82.8 Å². The molecule has 2 unspecified atom stereocenters. The Bertz CT molecular complexity index is 737. The van der Waals surface area contributed by atoms with E-state index in [1.54, 1.807) is 0 Å². The fourth-order valence-corrected chi connectivity index (χ4v) is 6.99. The lowest BCUT2D eigenvalue weighted by Gasteiger charge is -2.24. The smallest absolute Gasteiger partial charge is 0.306 e. The van der Waals surface area contributed by atoms with E-state index < -0.39 is 36.6 Å². The number of esters is 1. The van der Waals surface area contributed by atoms with Gasteiger partial charge in [-0.05, 0) is 24.7 Å². The van der Waals surface area contributed by atoms with E-state index in [1.165, 1.54) is 122 Å². The van der Waals surface area contributed by atoms with E-state index in [4.69, 9.17) is 14.2 Å². The SMILES string of the molecule is CCCCCCC(C)CCCCCCCCCOC[C@@H](COC1[C@@H](O)[C@H](O)[C@@H](O)[C@@H]1O)OC(=O)CCCCCCCC(C)CCCCCC. The molecule has 1 fully saturated rings. The molecule has 0 spiro atoms. The molecule has 7 atom stereocenters. The van der Waals surface area contributed by atoms with Gasteiger partial charge in [-0.25, -0.2) is 0 Å². The number of hydrogen-bond donors (Lipinski definition) is 4. The molecule has 0 heterocycles. The second kappa shape index (κ2) is 30.8. The normalized spacial score (nSPS) is 21.6. The van der Waals surface area contributed by atoms with Crippen LogP contribution < -0.4 is 0 Å². The van der Waals surface area contributed by atoms with E-state index in [1.807, 2.05) is 0 Å². The topological polar surface area (TPSA) is 126 Å². The summed E-state index contributed by atoms with van der Waals surface area (Å²) < 4.78 is 17.2. The Morgan fingerprint density at radius 3 is 1.41 bits per heavy atom. The van der Waals surface area contributed by atoms with Gasteiger partial charge in [-0.1, -0.05) is 169 Å². The van der Waals surface area contributed by atoms with Crippen LogP contribution in [0.3, 0.4) is 0 Å². The summed E-state index contributed by atoms with van der Waals surface area (Å²) in [7, 11) is 0. The molecular formula is C41H80O8. The molecule has 1 aliphatic carbocycles. The van der Waals surface area contributed by atoms with Crippen molar-refractivity contribution in [3.63, 3.8) is 0 Å². The molecule has 0 aromatic carbocycles. The fourth-order valence-electron chi connectivity index (χ4n) is 6.99. The van der Waals surface area contributed by atoms with Crippen molar-refractivity contribution < 1.29 is 39.4 Å². The largest absolute Gasteiger partial charge is 0.457 e. The molecule has 0 aliphatic heterocycles. The van der Waals surface area contributed by atoms with Crippen molar-refractivity contribution in [3.8, 4) is 0 Å². The summed E-state index contributed by atoms with van der Waals surface area (Å²) in [4.78, 5) is 12.7. The third-order valence-corrected chi connectivity index (χ3v) is 10.5. The standard InChI is InChI=1S/C41H80O8/c1-5-7-9-19-25-33(3)27-21-15-12-11-13-18-24-30-47-31-35(32-48-41-39(45)37(43)38(44)40(41)46)49-36(42)29-23-17-14-16-22-28-34(4)26-20-10-8-6-2/h33-35,37-41,43-46H,5-32H2,1-4H3/t33?,34?,35-,37+,38+,39-,40-/m0/s1. The minimum atomic E-state index is -1.49. The van der Waals surface area contributed by atoms with E-state index >= 15 is 0 Å². The van der Waals surface area contributed by atoms with Gasteiger partial charge in [-0.3, -0.25) is 4.79 Å². The number of carbonyl (C=O) groups excluding carboxylic acids is 1. The molecule has 8 nitrogen and oxygen atoms in total. The van der Waals surface area contributed by atoms with Crippen LogP contribution in [0.25, 0.3) is 0 Å². The zero-order valence-electron chi connectivity index (χ0n) is 32.3. The van der Waals surface area contributed by atoms with Gasteiger partial charge in [-0.2, -0.15) is 0 Å². The molecule has 1 aliphatic rings. The molecule has 4 N–H and O–H groups in total. The first-order valence-corrected chi connectivity index (χ1v) is 20.8. The number of rotatable bonds is 34. The van der Waals surface area contributed by atoms with Crippen molar-refractivity contribution in [3.05, 3.63) is 0 Å². The Hall–Kier alpha value is -0.770. The number of aliphatic hydroxyl groups excluding tert-OH is 4. The van der Waals surface area contributed by atoms with Crippen LogP contribution in [0.1, 0.15) is 188 Å². The first-order valence-electron chi connectivity index (χ1n) is 20.8. The number of ether oxygens (including phenoxy) is 3. The maximum absolute atomic E-state index is 12.7. The zero-order valence-corrected chi connectivity index (χ0v) is 32.3. The van der Waals surface area contributed by atoms with Crippen LogP contribution in [0.4, 0.5) is 0 Å². The molecule has 0 aromatic heterocycles.